The number of carbonyl (C=O) groups is 1. The van der Waals surface area contributed by atoms with Crippen molar-refractivity contribution in [1.82, 2.24) is 14.8 Å². The molecule has 0 aliphatic heterocycles. The maximum absolute atomic E-state index is 13.1. The van der Waals surface area contributed by atoms with E-state index >= 15 is 0 Å². The van der Waals surface area contributed by atoms with Crippen molar-refractivity contribution < 1.29 is 9.18 Å². The van der Waals surface area contributed by atoms with Crippen LogP contribution in [-0.2, 0) is 5.75 Å². The van der Waals surface area contributed by atoms with Crippen LogP contribution in [0.4, 0.5) is 10.1 Å². The largest absolute Gasteiger partial charge is 0.322 e. The molecule has 4 rings (SSSR count). The number of rotatable bonds is 6. The lowest BCUT2D eigenvalue weighted by molar-refractivity contribution is 0.102. The van der Waals surface area contributed by atoms with Crippen LogP contribution in [-0.4, -0.2) is 20.7 Å². The molecule has 0 radical (unpaired) electrons. The molecule has 1 amide bonds. The Morgan fingerprint density at radius 3 is 2.53 bits per heavy atom. The molecule has 7 heteroatoms. The summed E-state index contributed by atoms with van der Waals surface area (Å²) in [4.78, 5) is 17.9. The van der Waals surface area contributed by atoms with Crippen molar-refractivity contribution in [2.75, 3.05) is 5.32 Å². The molecule has 0 saturated heterocycles. The first-order valence-corrected chi connectivity index (χ1v) is 10.3. The van der Waals surface area contributed by atoms with Crippen LogP contribution in [0, 0.1) is 12.7 Å². The van der Waals surface area contributed by atoms with Crippen molar-refractivity contribution in [2.24, 2.45) is 0 Å². The lowest BCUT2D eigenvalue weighted by atomic mass is 10.2. The van der Waals surface area contributed by atoms with Gasteiger partial charge in [-0.15, -0.1) is 11.8 Å². The number of halogens is 1. The first kappa shape index (κ1) is 19.8. The van der Waals surface area contributed by atoms with Gasteiger partial charge in [0, 0.05) is 28.7 Å². The van der Waals surface area contributed by atoms with Gasteiger partial charge in [-0.3, -0.25) is 9.78 Å². The molecule has 4 aromatic rings. The lowest BCUT2D eigenvalue weighted by Crippen LogP contribution is -2.13. The molecule has 0 fully saturated rings. The summed E-state index contributed by atoms with van der Waals surface area (Å²) in [6.45, 7) is 1.81. The molecule has 0 unspecified atom stereocenters. The third kappa shape index (κ3) is 4.58. The van der Waals surface area contributed by atoms with Gasteiger partial charge in [0.05, 0.1) is 23.1 Å². The number of aromatic nitrogens is 3. The summed E-state index contributed by atoms with van der Waals surface area (Å²) >= 11 is 1.71. The summed E-state index contributed by atoms with van der Waals surface area (Å²) in [6.07, 6.45) is 5.14. The fourth-order valence-corrected chi connectivity index (χ4v) is 3.79. The van der Waals surface area contributed by atoms with Crippen LogP contribution in [0.1, 0.15) is 21.6 Å². The molecular weight excluding hydrogens is 399 g/mol. The van der Waals surface area contributed by atoms with Crippen LogP contribution in [0.25, 0.3) is 5.69 Å². The normalized spacial score (nSPS) is 10.7. The highest BCUT2D eigenvalue weighted by molar-refractivity contribution is 7.98. The van der Waals surface area contributed by atoms with Gasteiger partial charge in [-0.2, -0.15) is 5.10 Å². The summed E-state index contributed by atoms with van der Waals surface area (Å²) in [5.74, 6) is 0.279. The number of nitrogens with one attached hydrogen (secondary N) is 1. The third-order valence-electron chi connectivity index (χ3n) is 4.57. The van der Waals surface area contributed by atoms with Gasteiger partial charge in [0.1, 0.15) is 5.82 Å². The topological polar surface area (TPSA) is 59.8 Å². The minimum absolute atomic E-state index is 0.239. The van der Waals surface area contributed by atoms with Gasteiger partial charge in [-0.25, -0.2) is 9.07 Å². The highest BCUT2D eigenvalue weighted by Gasteiger charge is 2.15. The average molecular weight is 418 g/mol. The van der Waals surface area contributed by atoms with Gasteiger partial charge in [0.2, 0.25) is 0 Å². The second-order valence-corrected chi connectivity index (χ2v) is 7.71. The van der Waals surface area contributed by atoms with Crippen LogP contribution < -0.4 is 5.32 Å². The Hall–Kier alpha value is -3.45. The fraction of sp³-hybridized carbons (Fsp3) is 0.0870. The van der Waals surface area contributed by atoms with Gasteiger partial charge >= 0.3 is 0 Å². The number of anilines is 1. The van der Waals surface area contributed by atoms with Crippen molar-refractivity contribution in [1.29, 1.82) is 0 Å². The minimum atomic E-state index is -0.316. The predicted molar refractivity (Wildman–Crippen MR) is 116 cm³/mol. The number of pyridine rings is 1. The van der Waals surface area contributed by atoms with Crippen molar-refractivity contribution in [3.63, 3.8) is 0 Å². The number of hydrogen-bond donors (Lipinski definition) is 1. The van der Waals surface area contributed by atoms with Crippen LogP contribution in [0.2, 0.25) is 0 Å². The second kappa shape index (κ2) is 8.92. The number of benzene rings is 2. The standard InChI is InChI=1S/C23H19FN4OS/c1-16-22(14-26-28(16)20-8-4-18(24)5-9-20)23(29)27-19-6-10-21(11-7-19)30-15-17-3-2-12-25-13-17/h2-14H,15H2,1H3,(H,27,29). The Morgan fingerprint density at radius 1 is 1.07 bits per heavy atom. The number of thioether (sulfide) groups is 1. The predicted octanol–water partition coefficient (Wildman–Crippen LogP) is 5.26. The van der Waals surface area contributed by atoms with E-state index in [0.29, 0.717) is 22.6 Å². The van der Waals surface area contributed by atoms with Gasteiger partial charge < -0.3 is 5.32 Å². The molecule has 1 N–H and O–H groups in total. The maximum atomic E-state index is 13.1. The smallest absolute Gasteiger partial charge is 0.259 e. The number of amides is 1. The Bertz CT molecular complexity index is 1140. The van der Waals surface area contributed by atoms with Gasteiger partial charge in [0.15, 0.2) is 0 Å². The fourth-order valence-electron chi connectivity index (χ4n) is 2.96. The SMILES string of the molecule is Cc1c(C(=O)Nc2ccc(SCc3cccnc3)cc2)cnn1-c1ccc(F)cc1. The zero-order chi connectivity index (χ0) is 20.9. The molecule has 0 saturated carbocycles. The molecular formula is C23H19FN4OS. The molecule has 30 heavy (non-hydrogen) atoms. The van der Waals surface area contributed by atoms with E-state index in [1.807, 2.05) is 49.5 Å². The summed E-state index contributed by atoms with van der Waals surface area (Å²) in [7, 11) is 0. The highest BCUT2D eigenvalue weighted by Crippen LogP contribution is 2.24. The molecule has 0 atom stereocenters. The average Bonchev–Trinajstić information content (AvgIpc) is 3.16. The molecule has 0 spiro atoms. The van der Waals surface area contributed by atoms with Crippen molar-refractivity contribution in [2.45, 2.75) is 17.6 Å². The van der Waals surface area contributed by atoms with Gasteiger partial charge in [-0.05, 0) is 67.1 Å². The third-order valence-corrected chi connectivity index (χ3v) is 5.65. The molecule has 0 aliphatic rings. The first-order chi connectivity index (χ1) is 14.6. The second-order valence-electron chi connectivity index (χ2n) is 6.66. The van der Waals surface area contributed by atoms with Crippen molar-refractivity contribution in [3.05, 3.63) is 102 Å². The molecule has 150 valence electrons. The van der Waals surface area contributed by atoms with Crippen molar-refractivity contribution >= 4 is 23.4 Å². The first-order valence-electron chi connectivity index (χ1n) is 9.34. The van der Waals surface area contributed by atoms with Crippen LogP contribution in [0.3, 0.4) is 0 Å². The highest BCUT2D eigenvalue weighted by atomic mass is 32.2. The van der Waals surface area contributed by atoms with E-state index in [4.69, 9.17) is 0 Å². The van der Waals surface area contributed by atoms with Crippen LogP contribution >= 0.6 is 11.8 Å². The number of nitrogens with zero attached hydrogens (tertiary/aromatic N) is 3. The molecule has 0 bridgehead atoms. The monoisotopic (exact) mass is 418 g/mol. The Balaban J connectivity index is 1.41. The van der Waals surface area contributed by atoms with E-state index in [-0.39, 0.29) is 11.7 Å². The van der Waals surface area contributed by atoms with E-state index in [9.17, 15) is 9.18 Å². The van der Waals surface area contributed by atoms with Gasteiger partial charge in [-0.1, -0.05) is 6.07 Å². The number of carbonyl (C=O) groups excluding carboxylic acids is 1. The molecule has 2 heterocycles. The summed E-state index contributed by atoms with van der Waals surface area (Å²) in [5.41, 5.74) is 3.72. The van der Waals surface area contributed by atoms with E-state index < -0.39 is 0 Å². The maximum Gasteiger partial charge on any atom is 0.259 e. The van der Waals surface area contributed by atoms with Crippen molar-refractivity contribution in [3.8, 4) is 5.69 Å². The van der Waals surface area contributed by atoms with E-state index in [1.54, 1.807) is 34.8 Å². The summed E-state index contributed by atoms with van der Waals surface area (Å²) < 4.78 is 14.8. The molecule has 5 nitrogen and oxygen atoms in total. The summed E-state index contributed by atoms with van der Waals surface area (Å²) in [6, 6.07) is 17.7. The van der Waals surface area contributed by atoms with E-state index in [1.165, 1.54) is 18.3 Å². The molecule has 2 aromatic carbocycles. The minimum Gasteiger partial charge on any atom is -0.322 e. The van der Waals surface area contributed by atoms with E-state index in [2.05, 4.69) is 15.4 Å². The lowest BCUT2D eigenvalue weighted by Gasteiger charge is -2.08. The number of hydrogen-bond acceptors (Lipinski definition) is 4. The Labute approximate surface area is 178 Å². The van der Waals surface area contributed by atoms with E-state index in [0.717, 1.165) is 16.2 Å². The zero-order valence-corrected chi connectivity index (χ0v) is 17.1. The van der Waals surface area contributed by atoms with Crippen LogP contribution in [0.15, 0.2) is 84.1 Å². The Morgan fingerprint density at radius 2 is 1.83 bits per heavy atom. The molecule has 0 aliphatic carbocycles. The molecule has 2 aromatic heterocycles. The quantitative estimate of drug-likeness (QED) is 0.434. The van der Waals surface area contributed by atoms with Crippen LogP contribution in [0.5, 0.6) is 0 Å². The summed E-state index contributed by atoms with van der Waals surface area (Å²) in [5, 5.41) is 7.17. The zero-order valence-electron chi connectivity index (χ0n) is 16.2. The van der Waals surface area contributed by atoms with Gasteiger partial charge in [0.25, 0.3) is 5.91 Å². The Kier molecular flexibility index (Phi) is 5.90.